The van der Waals surface area contributed by atoms with Crippen molar-refractivity contribution in [1.29, 1.82) is 10.5 Å². The Balaban J connectivity index is 1.74. The van der Waals surface area contributed by atoms with Gasteiger partial charge in [-0.05, 0) is 55.0 Å². The molecule has 0 amide bonds. The summed E-state index contributed by atoms with van der Waals surface area (Å²) in [6.45, 7) is 0. The molecule has 0 saturated carbocycles. The number of hydrogen-bond acceptors (Lipinski definition) is 8. The van der Waals surface area contributed by atoms with E-state index in [1.807, 2.05) is 12.1 Å². The third kappa shape index (κ3) is 5.01. The maximum Gasteiger partial charge on any atom is 0.338 e. The number of carbonyl (C=O) groups is 1. The molecule has 9 heteroatoms. The fourth-order valence-corrected chi connectivity index (χ4v) is 5.28. The standard InChI is InChI=1S/C26H23FN4O3S/c1-33-26(32)23-21(34-24(30)19(13-29)22(23)15-7-9-18(27)10-8-15)14-35-25-17(12-28)11-16-5-3-2-4-6-20(16)31-25/h7-11,22H,2-6,14,30H2,1H3/t22-/m1/s1. The number of pyridine rings is 1. The summed E-state index contributed by atoms with van der Waals surface area (Å²) >= 11 is 1.25. The first-order valence-electron chi connectivity index (χ1n) is 11.2. The zero-order valence-corrected chi connectivity index (χ0v) is 20.0. The van der Waals surface area contributed by atoms with E-state index in [-0.39, 0.29) is 28.5 Å². The number of fused-ring (bicyclic) bond motifs is 1. The molecular weight excluding hydrogens is 467 g/mol. The second kappa shape index (κ2) is 10.6. The molecule has 2 aromatic rings. The lowest BCUT2D eigenvalue weighted by Gasteiger charge is -2.27. The topological polar surface area (TPSA) is 122 Å². The quantitative estimate of drug-likeness (QED) is 0.372. The first kappa shape index (κ1) is 24.3. The van der Waals surface area contributed by atoms with Crippen LogP contribution < -0.4 is 5.73 Å². The molecule has 1 aliphatic carbocycles. The Bertz CT molecular complexity index is 1310. The number of nitrogens with two attached hydrogens (primary N) is 1. The minimum Gasteiger partial charge on any atom is -0.466 e. The number of aryl methyl sites for hydroxylation is 2. The smallest absolute Gasteiger partial charge is 0.338 e. The molecule has 2 heterocycles. The third-order valence-electron chi connectivity index (χ3n) is 6.08. The Hall–Kier alpha value is -3.82. The Morgan fingerprint density at radius 2 is 1.97 bits per heavy atom. The van der Waals surface area contributed by atoms with Gasteiger partial charge in [0.2, 0.25) is 5.88 Å². The summed E-state index contributed by atoms with van der Waals surface area (Å²) in [6.07, 6.45) is 5.01. The predicted octanol–water partition coefficient (Wildman–Crippen LogP) is 4.39. The summed E-state index contributed by atoms with van der Waals surface area (Å²) in [5.74, 6) is -1.83. The number of thioether (sulfide) groups is 1. The van der Waals surface area contributed by atoms with Crippen molar-refractivity contribution in [2.75, 3.05) is 12.9 Å². The summed E-state index contributed by atoms with van der Waals surface area (Å²) in [5, 5.41) is 20.0. The summed E-state index contributed by atoms with van der Waals surface area (Å²) in [7, 11) is 1.23. The fourth-order valence-electron chi connectivity index (χ4n) is 4.36. The second-order valence-corrected chi connectivity index (χ2v) is 9.18. The lowest BCUT2D eigenvalue weighted by atomic mass is 9.83. The number of nitrogens with zero attached hydrogens (tertiary/aromatic N) is 3. The van der Waals surface area contributed by atoms with Crippen molar-refractivity contribution >= 4 is 17.7 Å². The molecule has 0 saturated heterocycles. The van der Waals surface area contributed by atoms with Gasteiger partial charge in [-0.15, -0.1) is 0 Å². The van der Waals surface area contributed by atoms with Gasteiger partial charge < -0.3 is 15.2 Å². The van der Waals surface area contributed by atoms with Crippen LogP contribution in [0.2, 0.25) is 0 Å². The van der Waals surface area contributed by atoms with Gasteiger partial charge in [0.05, 0.1) is 29.9 Å². The number of aromatic nitrogens is 1. The number of halogens is 1. The Kier molecular flexibility index (Phi) is 7.38. The van der Waals surface area contributed by atoms with Crippen LogP contribution in [0, 0.1) is 28.5 Å². The molecule has 0 unspecified atom stereocenters. The number of carbonyl (C=O) groups excluding carboxylic acids is 1. The number of hydrogen-bond donors (Lipinski definition) is 1. The van der Waals surface area contributed by atoms with Crippen molar-refractivity contribution in [3.05, 3.63) is 81.3 Å². The van der Waals surface area contributed by atoms with Crippen LogP contribution >= 0.6 is 11.8 Å². The SMILES string of the molecule is COC(=O)C1=C(CSc2nc3c(cc2C#N)CCCCC3)OC(N)=C(C#N)[C@H]1c1ccc(F)cc1. The molecule has 0 bridgehead atoms. The van der Waals surface area contributed by atoms with Gasteiger partial charge in [0, 0.05) is 5.69 Å². The van der Waals surface area contributed by atoms with Gasteiger partial charge in [0.25, 0.3) is 0 Å². The summed E-state index contributed by atoms with van der Waals surface area (Å²) < 4.78 is 24.3. The second-order valence-electron chi connectivity index (χ2n) is 8.21. The number of nitriles is 2. The van der Waals surface area contributed by atoms with E-state index in [4.69, 9.17) is 20.2 Å². The maximum atomic E-state index is 13.6. The van der Waals surface area contributed by atoms with Crippen LogP contribution in [0.15, 0.2) is 58.1 Å². The van der Waals surface area contributed by atoms with E-state index < -0.39 is 17.7 Å². The molecule has 2 N–H and O–H groups in total. The number of allylic oxidation sites excluding steroid dienone is 1. The number of benzene rings is 1. The third-order valence-corrected chi connectivity index (χ3v) is 7.07. The number of esters is 1. The van der Waals surface area contributed by atoms with Crippen molar-refractivity contribution in [2.24, 2.45) is 5.73 Å². The molecule has 1 aliphatic heterocycles. The molecule has 0 radical (unpaired) electrons. The van der Waals surface area contributed by atoms with Crippen molar-refractivity contribution in [3.8, 4) is 12.1 Å². The highest BCUT2D eigenvalue weighted by molar-refractivity contribution is 7.99. The highest BCUT2D eigenvalue weighted by Crippen LogP contribution is 2.41. The van der Waals surface area contributed by atoms with Crippen molar-refractivity contribution in [2.45, 2.75) is 43.0 Å². The minimum atomic E-state index is -0.882. The molecule has 0 fully saturated rings. The van der Waals surface area contributed by atoms with E-state index in [0.29, 0.717) is 16.2 Å². The Morgan fingerprint density at radius 3 is 2.66 bits per heavy atom. The monoisotopic (exact) mass is 490 g/mol. The van der Waals surface area contributed by atoms with Gasteiger partial charge >= 0.3 is 5.97 Å². The van der Waals surface area contributed by atoms with E-state index >= 15 is 0 Å². The average Bonchev–Trinajstić information content (AvgIpc) is 3.11. The maximum absolute atomic E-state index is 13.6. The molecular formula is C26H23FN4O3S. The molecule has 2 aliphatic rings. The van der Waals surface area contributed by atoms with E-state index in [0.717, 1.165) is 43.4 Å². The van der Waals surface area contributed by atoms with Crippen LogP contribution in [0.25, 0.3) is 0 Å². The van der Waals surface area contributed by atoms with E-state index in [1.54, 1.807) is 0 Å². The zero-order valence-electron chi connectivity index (χ0n) is 19.1. The van der Waals surface area contributed by atoms with Gasteiger partial charge in [0.15, 0.2) is 0 Å². The van der Waals surface area contributed by atoms with Gasteiger partial charge in [-0.25, -0.2) is 14.2 Å². The van der Waals surface area contributed by atoms with Gasteiger partial charge in [-0.3, -0.25) is 0 Å². The number of ether oxygens (including phenoxy) is 2. The Labute approximate surface area is 207 Å². The van der Waals surface area contributed by atoms with Crippen LogP contribution in [0.1, 0.15) is 47.6 Å². The van der Waals surface area contributed by atoms with Crippen molar-refractivity contribution in [1.82, 2.24) is 4.98 Å². The zero-order chi connectivity index (χ0) is 24.9. The molecule has 1 atom stereocenters. The van der Waals surface area contributed by atoms with Crippen LogP contribution in [-0.2, 0) is 27.1 Å². The Morgan fingerprint density at radius 1 is 1.23 bits per heavy atom. The molecule has 178 valence electrons. The first-order chi connectivity index (χ1) is 17.0. The van der Waals surface area contributed by atoms with E-state index in [1.165, 1.54) is 43.1 Å². The molecule has 4 rings (SSSR count). The lowest BCUT2D eigenvalue weighted by Crippen LogP contribution is -2.26. The molecule has 1 aromatic carbocycles. The fraction of sp³-hybridized carbons (Fsp3) is 0.308. The highest BCUT2D eigenvalue weighted by atomic mass is 32.2. The molecule has 7 nitrogen and oxygen atoms in total. The van der Waals surface area contributed by atoms with E-state index in [2.05, 4.69) is 6.07 Å². The van der Waals surface area contributed by atoms with Gasteiger partial charge in [-0.1, -0.05) is 30.3 Å². The van der Waals surface area contributed by atoms with Crippen LogP contribution in [0.3, 0.4) is 0 Å². The van der Waals surface area contributed by atoms with Gasteiger partial charge in [0.1, 0.15) is 34.3 Å². The normalized spacial score (nSPS) is 17.5. The lowest BCUT2D eigenvalue weighted by molar-refractivity contribution is -0.136. The van der Waals surface area contributed by atoms with E-state index in [9.17, 15) is 19.7 Å². The first-order valence-corrected chi connectivity index (χ1v) is 12.2. The number of methoxy groups -OCH3 is 1. The molecule has 0 spiro atoms. The highest BCUT2D eigenvalue weighted by Gasteiger charge is 2.37. The van der Waals surface area contributed by atoms with Crippen LogP contribution in [0.5, 0.6) is 0 Å². The molecule has 1 aromatic heterocycles. The summed E-state index contributed by atoms with van der Waals surface area (Å²) in [6, 6.07) is 11.6. The summed E-state index contributed by atoms with van der Waals surface area (Å²) in [5.41, 5.74) is 9.27. The van der Waals surface area contributed by atoms with Crippen LogP contribution in [0.4, 0.5) is 4.39 Å². The van der Waals surface area contributed by atoms with Crippen molar-refractivity contribution < 1.29 is 18.7 Å². The number of rotatable bonds is 5. The van der Waals surface area contributed by atoms with Crippen LogP contribution in [-0.4, -0.2) is 23.8 Å². The molecule has 35 heavy (non-hydrogen) atoms. The van der Waals surface area contributed by atoms with Gasteiger partial charge in [-0.2, -0.15) is 10.5 Å². The summed E-state index contributed by atoms with van der Waals surface area (Å²) in [4.78, 5) is 17.6. The average molecular weight is 491 g/mol. The minimum absolute atomic E-state index is 0.0339. The largest absolute Gasteiger partial charge is 0.466 e. The van der Waals surface area contributed by atoms with Crippen molar-refractivity contribution in [3.63, 3.8) is 0 Å². The predicted molar refractivity (Wildman–Crippen MR) is 127 cm³/mol.